The summed E-state index contributed by atoms with van der Waals surface area (Å²) >= 11 is 0. The zero-order valence-electron chi connectivity index (χ0n) is 9.09. The Morgan fingerprint density at radius 2 is 1.69 bits per heavy atom. The van der Waals surface area contributed by atoms with E-state index in [1.807, 2.05) is 37.3 Å². The topological polar surface area (TPSA) is 17.3 Å². The fourth-order valence-electron chi connectivity index (χ4n) is 1.98. The molecule has 0 unspecified atom stereocenters. The van der Waals surface area contributed by atoms with E-state index in [4.69, 9.17) is 0 Å². The van der Waals surface area contributed by atoms with E-state index >= 15 is 0 Å². The number of rotatable bonds is 1. The van der Waals surface area contributed by atoms with Gasteiger partial charge < -0.3 is 0 Å². The van der Waals surface area contributed by atoms with Gasteiger partial charge in [0.2, 0.25) is 0 Å². The number of pyridine rings is 1. The molecule has 2 aromatic heterocycles. The lowest BCUT2D eigenvalue weighted by atomic mass is 10.2. The molecule has 0 saturated carbocycles. The predicted octanol–water partition coefficient (Wildman–Crippen LogP) is 3.31. The third kappa shape index (κ3) is 1.31. The molecule has 0 aliphatic rings. The molecule has 2 heteroatoms. The lowest BCUT2D eigenvalue weighted by Gasteiger charge is -1.99. The Labute approximate surface area is 94.2 Å². The average Bonchev–Trinajstić information content (AvgIpc) is 2.69. The summed E-state index contributed by atoms with van der Waals surface area (Å²) in [4.78, 5) is 4.62. The van der Waals surface area contributed by atoms with Crippen LogP contribution in [0.3, 0.4) is 0 Å². The second-order valence-corrected chi connectivity index (χ2v) is 3.84. The van der Waals surface area contributed by atoms with Gasteiger partial charge in [-0.15, -0.1) is 0 Å². The first kappa shape index (κ1) is 9.16. The van der Waals surface area contributed by atoms with Crippen LogP contribution in [0.15, 0.2) is 54.7 Å². The molecule has 0 radical (unpaired) electrons. The van der Waals surface area contributed by atoms with Crippen molar-refractivity contribution >= 4 is 5.52 Å². The number of imidazole rings is 1. The van der Waals surface area contributed by atoms with Crippen LogP contribution in [-0.2, 0) is 0 Å². The van der Waals surface area contributed by atoms with Gasteiger partial charge in [-0.05, 0) is 19.1 Å². The number of fused-ring (bicyclic) bond motifs is 1. The van der Waals surface area contributed by atoms with Crippen LogP contribution in [0.4, 0.5) is 0 Å². The van der Waals surface area contributed by atoms with Crippen LogP contribution in [0.25, 0.3) is 16.9 Å². The SMILES string of the molecule is Cc1nc(-c2ccccc2)n2ccccc12. The molecule has 78 valence electrons. The summed E-state index contributed by atoms with van der Waals surface area (Å²) in [6, 6.07) is 16.4. The summed E-state index contributed by atoms with van der Waals surface area (Å²) in [6.45, 7) is 2.04. The Morgan fingerprint density at radius 3 is 2.50 bits per heavy atom. The molecule has 2 heterocycles. The van der Waals surface area contributed by atoms with Crippen molar-refractivity contribution in [1.82, 2.24) is 9.38 Å². The normalized spacial score (nSPS) is 10.8. The fourth-order valence-corrected chi connectivity index (χ4v) is 1.98. The first-order valence-electron chi connectivity index (χ1n) is 5.35. The number of hydrogen-bond acceptors (Lipinski definition) is 1. The van der Waals surface area contributed by atoms with E-state index < -0.39 is 0 Å². The molecule has 0 fully saturated rings. The van der Waals surface area contributed by atoms with E-state index in [0.29, 0.717) is 0 Å². The van der Waals surface area contributed by atoms with Gasteiger partial charge in [0.25, 0.3) is 0 Å². The largest absolute Gasteiger partial charge is 0.300 e. The third-order valence-corrected chi connectivity index (χ3v) is 2.76. The quantitative estimate of drug-likeness (QED) is 0.599. The van der Waals surface area contributed by atoms with Gasteiger partial charge in [-0.3, -0.25) is 4.40 Å². The zero-order valence-corrected chi connectivity index (χ0v) is 9.09. The summed E-state index contributed by atoms with van der Waals surface area (Å²) in [7, 11) is 0. The molecular formula is C14H12N2. The maximum absolute atomic E-state index is 4.62. The van der Waals surface area contributed by atoms with Crippen LogP contribution in [0.2, 0.25) is 0 Å². The first-order chi connectivity index (χ1) is 7.86. The van der Waals surface area contributed by atoms with Gasteiger partial charge in [-0.2, -0.15) is 0 Å². The van der Waals surface area contributed by atoms with Crippen LogP contribution < -0.4 is 0 Å². The van der Waals surface area contributed by atoms with Crippen molar-refractivity contribution in [2.45, 2.75) is 6.92 Å². The lowest BCUT2D eigenvalue weighted by Crippen LogP contribution is -1.87. The summed E-state index contributed by atoms with van der Waals surface area (Å²) in [5, 5.41) is 0. The van der Waals surface area contributed by atoms with Gasteiger partial charge >= 0.3 is 0 Å². The summed E-state index contributed by atoms with van der Waals surface area (Å²) in [5.74, 6) is 1.01. The van der Waals surface area contributed by atoms with Gasteiger partial charge in [-0.25, -0.2) is 4.98 Å². The Hall–Kier alpha value is -2.09. The highest BCUT2D eigenvalue weighted by molar-refractivity contribution is 5.64. The number of aryl methyl sites for hydroxylation is 1. The van der Waals surface area contributed by atoms with Crippen LogP contribution in [0.5, 0.6) is 0 Å². The van der Waals surface area contributed by atoms with E-state index in [2.05, 4.69) is 33.8 Å². The van der Waals surface area contributed by atoms with Gasteiger partial charge in [0.1, 0.15) is 5.82 Å². The average molecular weight is 208 g/mol. The lowest BCUT2D eigenvalue weighted by molar-refractivity contribution is 1.16. The first-order valence-corrected chi connectivity index (χ1v) is 5.35. The van der Waals surface area contributed by atoms with Crippen LogP contribution in [0.1, 0.15) is 5.69 Å². The van der Waals surface area contributed by atoms with Gasteiger partial charge in [-0.1, -0.05) is 36.4 Å². The highest BCUT2D eigenvalue weighted by Crippen LogP contribution is 2.21. The number of benzene rings is 1. The number of aromatic nitrogens is 2. The Bertz CT molecular complexity index is 624. The Kier molecular flexibility index (Phi) is 2.00. The second kappa shape index (κ2) is 3.49. The minimum Gasteiger partial charge on any atom is -0.300 e. The van der Waals surface area contributed by atoms with Crippen molar-refractivity contribution in [2.75, 3.05) is 0 Å². The van der Waals surface area contributed by atoms with Crippen molar-refractivity contribution in [3.63, 3.8) is 0 Å². The summed E-state index contributed by atoms with van der Waals surface area (Å²) < 4.78 is 2.13. The van der Waals surface area contributed by atoms with Crippen molar-refractivity contribution in [1.29, 1.82) is 0 Å². The molecular weight excluding hydrogens is 196 g/mol. The molecule has 2 nitrogen and oxygen atoms in total. The monoisotopic (exact) mass is 208 g/mol. The summed E-state index contributed by atoms with van der Waals surface area (Å²) in [5.41, 5.74) is 3.39. The van der Waals surface area contributed by atoms with Crippen LogP contribution in [-0.4, -0.2) is 9.38 Å². The number of nitrogens with zero attached hydrogens (tertiary/aromatic N) is 2. The molecule has 1 aromatic carbocycles. The molecule has 0 amide bonds. The van der Waals surface area contributed by atoms with Crippen molar-refractivity contribution < 1.29 is 0 Å². The van der Waals surface area contributed by atoms with Crippen molar-refractivity contribution in [2.24, 2.45) is 0 Å². The van der Waals surface area contributed by atoms with E-state index in [1.165, 1.54) is 5.52 Å². The van der Waals surface area contributed by atoms with Crippen LogP contribution >= 0.6 is 0 Å². The molecule has 16 heavy (non-hydrogen) atoms. The Balaban J connectivity index is 2.33. The third-order valence-electron chi connectivity index (χ3n) is 2.76. The minimum atomic E-state index is 1.01. The van der Waals surface area contributed by atoms with Gasteiger partial charge in [0.15, 0.2) is 0 Å². The molecule has 0 aliphatic heterocycles. The highest BCUT2D eigenvalue weighted by atomic mass is 15.0. The van der Waals surface area contributed by atoms with E-state index in [1.54, 1.807) is 0 Å². The standard InChI is InChI=1S/C14H12N2/c1-11-13-9-5-6-10-16(13)14(15-11)12-7-3-2-4-8-12/h2-10H,1H3. The minimum absolute atomic E-state index is 1.01. The van der Waals surface area contributed by atoms with Crippen molar-refractivity contribution in [3.05, 3.63) is 60.4 Å². The molecule has 0 N–H and O–H groups in total. The predicted molar refractivity (Wildman–Crippen MR) is 65.4 cm³/mol. The molecule has 3 rings (SSSR count). The fraction of sp³-hybridized carbons (Fsp3) is 0.0714. The molecule has 0 spiro atoms. The summed E-state index contributed by atoms with van der Waals surface area (Å²) in [6.07, 6.45) is 2.05. The van der Waals surface area contributed by atoms with Gasteiger partial charge in [0, 0.05) is 11.8 Å². The van der Waals surface area contributed by atoms with E-state index in [9.17, 15) is 0 Å². The van der Waals surface area contributed by atoms with Crippen LogP contribution in [0, 0.1) is 6.92 Å². The van der Waals surface area contributed by atoms with E-state index in [0.717, 1.165) is 17.1 Å². The molecule has 3 aromatic rings. The zero-order chi connectivity index (χ0) is 11.0. The molecule has 0 bridgehead atoms. The highest BCUT2D eigenvalue weighted by Gasteiger charge is 2.07. The molecule has 0 atom stereocenters. The second-order valence-electron chi connectivity index (χ2n) is 3.84. The molecule has 0 aliphatic carbocycles. The molecule has 0 saturated heterocycles. The van der Waals surface area contributed by atoms with Gasteiger partial charge in [0.05, 0.1) is 11.2 Å². The maximum atomic E-state index is 4.62. The number of hydrogen-bond donors (Lipinski definition) is 0. The smallest absolute Gasteiger partial charge is 0.144 e. The van der Waals surface area contributed by atoms with Crippen molar-refractivity contribution in [3.8, 4) is 11.4 Å². The maximum Gasteiger partial charge on any atom is 0.144 e. The van der Waals surface area contributed by atoms with E-state index in [-0.39, 0.29) is 0 Å². The Morgan fingerprint density at radius 1 is 0.938 bits per heavy atom.